The van der Waals surface area contributed by atoms with E-state index in [1.807, 2.05) is 0 Å². The van der Waals surface area contributed by atoms with Gasteiger partial charge in [-0.3, -0.25) is 4.79 Å². The Hall–Kier alpha value is -1.34. The molecule has 1 atom stereocenters. The van der Waals surface area contributed by atoms with Crippen molar-refractivity contribution in [3.63, 3.8) is 0 Å². The number of anilines is 2. The monoisotopic (exact) mass is 306 g/mol. The minimum absolute atomic E-state index is 0.0339. The minimum Gasteiger partial charge on any atom is -0.397 e. The van der Waals surface area contributed by atoms with Gasteiger partial charge in [0.05, 0.1) is 22.2 Å². The maximum atomic E-state index is 12.6. The Bertz CT molecular complexity index is 600. The fourth-order valence-corrected chi connectivity index (χ4v) is 3.28. The zero-order valence-corrected chi connectivity index (χ0v) is 11.4. The SMILES string of the molecule is Nc1cccc(Cl)c1N1CC(CS(=O)(=O)F)CC1=O. The molecule has 2 rings (SSSR count). The van der Waals surface area contributed by atoms with Gasteiger partial charge in [-0.25, -0.2) is 0 Å². The third-order valence-electron chi connectivity index (χ3n) is 2.93. The van der Waals surface area contributed by atoms with Crippen molar-refractivity contribution in [2.24, 2.45) is 5.92 Å². The second-order valence-electron chi connectivity index (χ2n) is 4.46. The van der Waals surface area contributed by atoms with Crippen LogP contribution in [-0.2, 0) is 15.0 Å². The molecule has 1 aromatic carbocycles. The van der Waals surface area contributed by atoms with Crippen molar-refractivity contribution in [1.82, 2.24) is 0 Å². The number of carbonyl (C=O) groups is 1. The van der Waals surface area contributed by atoms with E-state index < -0.39 is 21.9 Å². The average Bonchev–Trinajstić information content (AvgIpc) is 2.56. The topological polar surface area (TPSA) is 80.5 Å². The lowest BCUT2D eigenvalue weighted by Gasteiger charge is -2.19. The van der Waals surface area contributed by atoms with Gasteiger partial charge in [-0.1, -0.05) is 17.7 Å². The quantitative estimate of drug-likeness (QED) is 0.679. The third kappa shape index (κ3) is 3.16. The van der Waals surface area contributed by atoms with Gasteiger partial charge in [0, 0.05) is 18.9 Å². The van der Waals surface area contributed by atoms with Gasteiger partial charge in [-0.15, -0.1) is 3.89 Å². The fourth-order valence-electron chi connectivity index (χ4n) is 2.21. The molecule has 1 aliphatic rings. The molecule has 8 heteroatoms. The predicted octanol–water partition coefficient (Wildman–Crippen LogP) is 1.57. The summed E-state index contributed by atoms with van der Waals surface area (Å²) in [5.41, 5.74) is 6.44. The van der Waals surface area contributed by atoms with Crippen LogP contribution < -0.4 is 10.6 Å². The predicted molar refractivity (Wildman–Crippen MR) is 71.2 cm³/mol. The summed E-state index contributed by atoms with van der Waals surface area (Å²) in [5.74, 6) is -1.56. The highest BCUT2D eigenvalue weighted by Gasteiger charge is 2.35. The van der Waals surface area contributed by atoms with Gasteiger partial charge in [-0.2, -0.15) is 8.42 Å². The Morgan fingerprint density at radius 2 is 2.16 bits per heavy atom. The van der Waals surface area contributed by atoms with Gasteiger partial charge in [0.1, 0.15) is 0 Å². The number of nitrogens with zero attached hydrogens (tertiary/aromatic N) is 1. The Labute approximate surface area is 115 Å². The minimum atomic E-state index is -4.60. The van der Waals surface area contributed by atoms with Gasteiger partial charge < -0.3 is 10.6 Å². The van der Waals surface area contributed by atoms with Crippen molar-refractivity contribution in [3.8, 4) is 0 Å². The number of rotatable bonds is 3. The first-order chi connectivity index (χ1) is 8.78. The molecule has 0 radical (unpaired) electrons. The van der Waals surface area contributed by atoms with Crippen LogP contribution in [0.5, 0.6) is 0 Å². The standard InChI is InChI=1S/C11H12ClFN2O3S/c12-8-2-1-3-9(14)11(8)15-5-7(4-10(15)16)6-19(13,17)18/h1-3,7H,4-6,14H2. The summed E-state index contributed by atoms with van der Waals surface area (Å²) in [5, 5.41) is 0.303. The molecule has 1 fully saturated rings. The molecular formula is C11H12ClFN2O3S. The zero-order valence-electron chi connectivity index (χ0n) is 9.84. The molecule has 2 N–H and O–H groups in total. The maximum Gasteiger partial charge on any atom is 0.302 e. The highest BCUT2D eigenvalue weighted by Crippen LogP contribution is 2.36. The van der Waals surface area contributed by atoms with Crippen LogP contribution in [0.1, 0.15) is 6.42 Å². The Balaban J connectivity index is 2.26. The summed E-state index contributed by atoms with van der Waals surface area (Å²) >= 11 is 5.99. The molecule has 0 saturated carbocycles. The molecule has 0 bridgehead atoms. The molecule has 1 unspecified atom stereocenters. The molecule has 1 aromatic rings. The van der Waals surface area contributed by atoms with Crippen LogP contribution in [0.4, 0.5) is 15.3 Å². The number of hydrogen-bond acceptors (Lipinski definition) is 4. The molecule has 0 spiro atoms. The molecular weight excluding hydrogens is 295 g/mol. The number of amides is 1. The van der Waals surface area contributed by atoms with Crippen molar-refractivity contribution in [3.05, 3.63) is 23.2 Å². The first-order valence-corrected chi connectivity index (χ1v) is 7.47. The zero-order chi connectivity index (χ0) is 14.2. The molecule has 104 valence electrons. The highest BCUT2D eigenvalue weighted by atomic mass is 35.5. The van der Waals surface area contributed by atoms with Gasteiger partial charge >= 0.3 is 10.2 Å². The lowest BCUT2D eigenvalue weighted by atomic mass is 10.1. The second-order valence-corrected chi connectivity index (χ2v) is 6.28. The molecule has 19 heavy (non-hydrogen) atoms. The van der Waals surface area contributed by atoms with Crippen molar-refractivity contribution in [2.75, 3.05) is 22.9 Å². The number of benzene rings is 1. The van der Waals surface area contributed by atoms with E-state index in [0.29, 0.717) is 16.4 Å². The van der Waals surface area contributed by atoms with Crippen molar-refractivity contribution in [2.45, 2.75) is 6.42 Å². The van der Waals surface area contributed by atoms with Crippen molar-refractivity contribution >= 4 is 39.1 Å². The van der Waals surface area contributed by atoms with E-state index in [0.717, 1.165) is 0 Å². The summed E-state index contributed by atoms with van der Waals surface area (Å²) in [7, 11) is -4.60. The normalized spacial score (nSPS) is 20.0. The van der Waals surface area contributed by atoms with Crippen LogP contribution in [0.25, 0.3) is 0 Å². The average molecular weight is 307 g/mol. The van der Waals surface area contributed by atoms with Crippen molar-refractivity contribution in [1.29, 1.82) is 0 Å². The molecule has 1 amide bonds. The van der Waals surface area contributed by atoms with Crippen LogP contribution in [0.3, 0.4) is 0 Å². The Morgan fingerprint density at radius 3 is 2.74 bits per heavy atom. The lowest BCUT2D eigenvalue weighted by molar-refractivity contribution is -0.117. The van der Waals surface area contributed by atoms with E-state index in [1.165, 1.54) is 4.90 Å². The maximum absolute atomic E-state index is 12.6. The first-order valence-electron chi connectivity index (χ1n) is 5.54. The van der Waals surface area contributed by atoms with E-state index in [2.05, 4.69) is 0 Å². The molecule has 1 heterocycles. The van der Waals surface area contributed by atoms with E-state index in [-0.39, 0.29) is 18.9 Å². The van der Waals surface area contributed by atoms with Gasteiger partial charge in [0.15, 0.2) is 0 Å². The second kappa shape index (κ2) is 4.97. The number of carbonyl (C=O) groups excluding carboxylic acids is 1. The van der Waals surface area contributed by atoms with E-state index in [9.17, 15) is 17.1 Å². The first kappa shape index (κ1) is 14.1. The van der Waals surface area contributed by atoms with E-state index in [4.69, 9.17) is 17.3 Å². The summed E-state index contributed by atoms with van der Waals surface area (Å²) in [6.45, 7) is 0.0932. The number of nitrogens with two attached hydrogens (primary N) is 1. The fraction of sp³-hybridized carbons (Fsp3) is 0.364. The summed E-state index contributed by atoms with van der Waals surface area (Å²) < 4.78 is 33.9. The Morgan fingerprint density at radius 1 is 1.47 bits per heavy atom. The largest absolute Gasteiger partial charge is 0.397 e. The highest BCUT2D eigenvalue weighted by molar-refractivity contribution is 7.86. The molecule has 5 nitrogen and oxygen atoms in total. The van der Waals surface area contributed by atoms with Crippen LogP contribution in [0.2, 0.25) is 5.02 Å². The number of nitrogen functional groups attached to an aromatic ring is 1. The van der Waals surface area contributed by atoms with E-state index >= 15 is 0 Å². The van der Waals surface area contributed by atoms with Crippen LogP contribution in [0.15, 0.2) is 18.2 Å². The number of para-hydroxylation sites is 1. The number of hydrogen-bond donors (Lipinski definition) is 1. The summed E-state index contributed by atoms with van der Waals surface area (Å²) in [6, 6.07) is 4.82. The van der Waals surface area contributed by atoms with Gasteiger partial charge in [0.2, 0.25) is 5.91 Å². The van der Waals surface area contributed by atoms with Crippen LogP contribution in [0, 0.1) is 5.92 Å². The molecule has 1 saturated heterocycles. The third-order valence-corrected chi connectivity index (χ3v) is 4.10. The van der Waals surface area contributed by atoms with E-state index in [1.54, 1.807) is 18.2 Å². The number of halogens is 2. The molecule has 0 aliphatic carbocycles. The van der Waals surface area contributed by atoms with Gasteiger partial charge in [0.25, 0.3) is 0 Å². The van der Waals surface area contributed by atoms with Crippen LogP contribution >= 0.6 is 11.6 Å². The van der Waals surface area contributed by atoms with Crippen molar-refractivity contribution < 1.29 is 17.1 Å². The molecule has 0 aromatic heterocycles. The smallest absolute Gasteiger partial charge is 0.302 e. The lowest BCUT2D eigenvalue weighted by Crippen LogP contribution is -2.26. The van der Waals surface area contributed by atoms with Gasteiger partial charge in [-0.05, 0) is 12.1 Å². The Kier molecular flexibility index (Phi) is 3.69. The van der Waals surface area contributed by atoms with Crippen LogP contribution in [-0.4, -0.2) is 26.6 Å². The summed E-state index contributed by atoms with van der Waals surface area (Å²) in [6.07, 6.45) is -0.0339. The summed E-state index contributed by atoms with van der Waals surface area (Å²) in [4.78, 5) is 13.2. The molecule has 1 aliphatic heterocycles.